The highest BCUT2D eigenvalue weighted by Gasteiger charge is 2.39. The van der Waals surface area contributed by atoms with E-state index in [4.69, 9.17) is 5.73 Å². The Hall–Kier alpha value is -0.610. The molecule has 1 amide bonds. The molecule has 1 heterocycles. The maximum absolute atomic E-state index is 12.1. The van der Waals surface area contributed by atoms with E-state index in [1.807, 2.05) is 0 Å². The maximum atomic E-state index is 12.1. The lowest BCUT2D eigenvalue weighted by molar-refractivity contribution is -0.929. The summed E-state index contributed by atoms with van der Waals surface area (Å²) in [7, 11) is 2.22. The molecule has 1 aliphatic heterocycles. The number of nitrogens with one attached hydrogen (secondary N) is 1. The van der Waals surface area contributed by atoms with Crippen molar-refractivity contribution in [2.75, 3.05) is 33.2 Å². The maximum Gasteiger partial charge on any atom is 0.278 e. The molecular weight excluding hydrogens is 202 g/mol. The van der Waals surface area contributed by atoms with Crippen LogP contribution in [-0.4, -0.2) is 49.7 Å². The topological polar surface area (TPSA) is 55.1 Å². The van der Waals surface area contributed by atoms with Crippen molar-refractivity contribution < 1.29 is 9.28 Å². The number of amides is 1. The second-order valence-electron chi connectivity index (χ2n) is 5.02. The Balaban J connectivity index is 2.62. The van der Waals surface area contributed by atoms with Crippen molar-refractivity contribution in [3.63, 3.8) is 0 Å². The van der Waals surface area contributed by atoms with E-state index >= 15 is 0 Å². The summed E-state index contributed by atoms with van der Waals surface area (Å²) >= 11 is 0. The van der Waals surface area contributed by atoms with E-state index in [0.717, 1.165) is 30.4 Å². The number of carbonyl (C=O) groups is 1. The smallest absolute Gasteiger partial charge is 0.278 e. The number of hydrogen-bond donors (Lipinski definition) is 2. The molecule has 3 N–H and O–H groups in total. The molecule has 0 aromatic rings. The van der Waals surface area contributed by atoms with Crippen molar-refractivity contribution in [3.8, 4) is 0 Å². The minimum atomic E-state index is 0.139. The molecule has 1 fully saturated rings. The largest absolute Gasteiger partial charge is 0.350 e. The number of likely N-dealkylation sites (tertiary alicyclic amines) is 1. The molecule has 4 nitrogen and oxygen atoms in total. The minimum Gasteiger partial charge on any atom is -0.350 e. The van der Waals surface area contributed by atoms with Gasteiger partial charge in [0.2, 0.25) is 0 Å². The van der Waals surface area contributed by atoms with Gasteiger partial charge in [0.05, 0.1) is 20.1 Å². The van der Waals surface area contributed by atoms with Gasteiger partial charge in [-0.15, -0.1) is 0 Å². The summed E-state index contributed by atoms with van der Waals surface area (Å²) < 4.78 is 0.910. The predicted octanol–water partition coefficient (Wildman–Crippen LogP) is 0.470. The van der Waals surface area contributed by atoms with Crippen LogP contribution in [0.4, 0.5) is 0 Å². The average molecular weight is 228 g/mol. The van der Waals surface area contributed by atoms with Gasteiger partial charge in [-0.25, -0.2) is 0 Å². The fourth-order valence-electron chi connectivity index (χ4n) is 2.78. The van der Waals surface area contributed by atoms with Crippen LogP contribution in [0.25, 0.3) is 0 Å². The number of rotatable bonds is 5. The monoisotopic (exact) mass is 228 g/mol. The van der Waals surface area contributed by atoms with E-state index in [1.165, 1.54) is 12.8 Å². The molecule has 1 saturated heterocycles. The molecule has 94 valence electrons. The first-order valence-corrected chi connectivity index (χ1v) is 6.46. The van der Waals surface area contributed by atoms with Crippen molar-refractivity contribution in [1.29, 1.82) is 0 Å². The summed E-state index contributed by atoms with van der Waals surface area (Å²) in [6.45, 7) is 5.54. The van der Waals surface area contributed by atoms with Gasteiger partial charge < -0.3 is 15.5 Å². The van der Waals surface area contributed by atoms with Crippen LogP contribution in [0.5, 0.6) is 0 Å². The molecule has 4 heteroatoms. The van der Waals surface area contributed by atoms with Crippen LogP contribution < -0.4 is 11.1 Å². The molecule has 1 rings (SSSR count). The Morgan fingerprint density at radius 2 is 2.25 bits per heavy atom. The molecule has 0 bridgehead atoms. The van der Waals surface area contributed by atoms with Gasteiger partial charge in [-0.2, -0.15) is 0 Å². The Morgan fingerprint density at radius 3 is 2.88 bits per heavy atom. The molecule has 16 heavy (non-hydrogen) atoms. The third-order valence-corrected chi connectivity index (χ3v) is 3.63. The molecule has 0 saturated carbocycles. The Labute approximate surface area is 98.8 Å². The molecular formula is C12H26N3O+. The number of nitrogens with two attached hydrogens (primary N) is 1. The summed E-state index contributed by atoms with van der Waals surface area (Å²) in [5.74, 6) is 0.195. The Morgan fingerprint density at radius 1 is 1.50 bits per heavy atom. The van der Waals surface area contributed by atoms with Gasteiger partial charge in [0.1, 0.15) is 0 Å². The molecule has 0 aromatic heterocycles. The first-order chi connectivity index (χ1) is 7.64. The van der Waals surface area contributed by atoms with Gasteiger partial charge in [0, 0.05) is 19.5 Å². The Kier molecular flexibility index (Phi) is 5.22. The van der Waals surface area contributed by atoms with Crippen LogP contribution in [0.15, 0.2) is 0 Å². The molecule has 1 aliphatic rings. The first kappa shape index (κ1) is 13.5. The zero-order valence-electron chi connectivity index (χ0n) is 10.7. The third kappa shape index (κ3) is 3.19. The summed E-state index contributed by atoms with van der Waals surface area (Å²) in [5, 5.41) is 2.94. The fourth-order valence-corrected chi connectivity index (χ4v) is 2.78. The fraction of sp³-hybridized carbons (Fsp3) is 0.917. The van der Waals surface area contributed by atoms with Gasteiger partial charge >= 0.3 is 0 Å². The summed E-state index contributed by atoms with van der Waals surface area (Å²) in [5.41, 5.74) is 5.41. The minimum absolute atomic E-state index is 0.139. The molecule has 2 atom stereocenters. The second kappa shape index (κ2) is 6.21. The summed E-state index contributed by atoms with van der Waals surface area (Å²) in [4.78, 5) is 12.1. The van der Waals surface area contributed by atoms with Crippen molar-refractivity contribution >= 4 is 5.91 Å². The van der Waals surface area contributed by atoms with Crippen molar-refractivity contribution in [3.05, 3.63) is 0 Å². The van der Waals surface area contributed by atoms with Crippen molar-refractivity contribution in [2.24, 2.45) is 5.73 Å². The Bertz CT molecular complexity index is 228. The quantitative estimate of drug-likeness (QED) is 0.672. The van der Waals surface area contributed by atoms with Gasteiger partial charge in [0.15, 0.2) is 6.04 Å². The van der Waals surface area contributed by atoms with Gasteiger partial charge in [0.25, 0.3) is 5.91 Å². The standard InChI is InChI=1S/C12H25N3O/c1-3-9-15(2)10-5-4-6-11(15)12(16)14-8-7-13/h11H,3-10,13H2,1-2H3/p+1. The molecule has 0 aliphatic carbocycles. The predicted molar refractivity (Wildman–Crippen MR) is 65.9 cm³/mol. The SMILES string of the molecule is CCC[N+]1(C)CCCCC1C(=O)NCCN. The zero-order chi connectivity index (χ0) is 12.0. The zero-order valence-corrected chi connectivity index (χ0v) is 10.7. The molecule has 0 radical (unpaired) electrons. The van der Waals surface area contributed by atoms with Gasteiger partial charge in [-0.1, -0.05) is 6.92 Å². The van der Waals surface area contributed by atoms with E-state index in [2.05, 4.69) is 19.3 Å². The van der Waals surface area contributed by atoms with Crippen LogP contribution >= 0.6 is 0 Å². The van der Waals surface area contributed by atoms with Gasteiger partial charge in [-0.05, 0) is 19.3 Å². The van der Waals surface area contributed by atoms with E-state index in [1.54, 1.807) is 0 Å². The number of quaternary nitrogens is 1. The average Bonchev–Trinajstić information content (AvgIpc) is 2.26. The molecule has 2 unspecified atom stereocenters. The first-order valence-electron chi connectivity index (χ1n) is 6.46. The van der Waals surface area contributed by atoms with Crippen LogP contribution in [-0.2, 0) is 4.79 Å². The highest BCUT2D eigenvalue weighted by Crippen LogP contribution is 2.24. The summed E-state index contributed by atoms with van der Waals surface area (Å²) in [6.07, 6.45) is 4.58. The number of likely N-dealkylation sites (N-methyl/N-ethyl adjacent to an activating group) is 1. The van der Waals surface area contributed by atoms with Crippen molar-refractivity contribution in [2.45, 2.75) is 38.6 Å². The highest BCUT2D eigenvalue weighted by atomic mass is 16.2. The highest BCUT2D eigenvalue weighted by molar-refractivity contribution is 5.80. The van der Waals surface area contributed by atoms with E-state index in [0.29, 0.717) is 13.1 Å². The number of hydrogen-bond acceptors (Lipinski definition) is 2. The lowest BCUT2D eigenvalue weighted by Crippen LogP contribution is -2.61. The van der Waals surface area contributed by atoms with E-state index in [-0.39, 0.29) is 11.9 Å². The number of carbonyl (C=O) groups excluding carboxylic acids is 1. The normalized spacial score (nSPS) is 30.1. The van der Waals surface area contributed by atoms with Crippen molar-refractivity contribution in [1.82, 2.24) is 5.32 Å². The van der Waals surface area contributed by atoms with E-state index < -0.39 is 0 Å². The van der Waals surface area contributed by atoms with Crippen LogP contribution in [0.1, 0.15) is 32.6 Å². The third-order valence-electron chi connectivity index (χ3n) is 3.63. The van der Waals surface area contributed by atoms with Crippen LogP contribution in [0, 0.1) is 0 Å². The number of piperidine rings is 1. The van der Waals surface area contributed by atoms with Gasteiger partial charge in [-0.3, -0.25) is 4.79 Å². The van der Waals surface area contributed by atoms with Crippen LogP contribution in [0.2, 0.25) is 0 Å². The second-order valence-corrected chi connectivity index (χ2v) is 5.02. The summed E-state index contributed by atoms with van der Waals surface area (Å²) in [6, 6.07) is 0.139. The molecule has 0 aromatic carbocycles. The van der Waals surface area contributed by atoms with E-state index in [9.17, 15) is 4.79 Å². The lowest BCUT2D eigenvalue weighted by atomic mass is 9.98. The lowest BCUT2D eigenvalue weighted by Gasteiger charge is -2.43. The van der Waals surface area contributed by atoms with Crippen LogP contribution in [0.3, 0.4) is 0 Å². The molecule has 0 spiro atoms. The number of nitrogens with zero attached hydrogens (tertiary/aromatic N) is 1.